The summed E-state index contributed by atoms with van der Waals surface area (Å²) in [7, 11) is 0. The van der Waals surface area contributed by atoms with E-state index < -0.39 is 0 Å². The topological polar surface area (TPSA) is 42.0 Å². The van der Waals surface area contributed by atoms with Crippen molar-refractivity contribution in [1.82, 2.24) is 4.98 Å². The molecule has 2 aromatic carbocycles. The molecule has 0 aliphatic rings. The highest BCUT2D eigenvalue weighted by Crippen LogP contribution is 2.27. The number of hydrogen-bond acceptors (Lipinski definition) is 4. The quantitative estimate of drug-likeness (QED) is 0.480. The fourth-order valence-corrected chi connectivity index (χ4v) is 4.27. The van der Waals surface area contributed by atoms with E-state index in [0.29, 0.717) is 11.3 Å². The molecule has 3 rings (SSSR count). The summed E-state index contributed by atoms with van der Waals surface area (Å²) in [6, 6.07) is 12.8. The van der Waals surface area contributed by atoms with Crippen LogP contribution in [0.3, 0.4) is 0 Å². The van der Waals surface area contributed by atoms with Gasteiger partial charge in [0.2, 0.25) is 5.91 Å². The van der Waals surface area contributed by atoms with Crippen LogP contribution in [0.1, 0.15) is 16.8 Å². The summed E-state index contributed by atoms with van der Waals surface area (Å²) >= 11 is 6.60. The smallest absolute Gasteiger partial charge is 0.230 e. The number of amides is 1. The first-order valence-corrected chi connectivity index (χ1v) is 10.5. The Morgan fingerprint density at radius 3 is 2.77 bits per heavy atom. The number of thioether (sulfide) groups is 1. The molecule has 1 N–H and O–H groups in total. The maximum Gasteiger partial charge on any atom is 0.230 e. The van der Waals surface area contributed by atoms with Crippen molar-refractivity contribution >= 4 is 50.6 Å². The molecule has 134 valence electrons. The van der Waals surface area contributed by atoms with Crippen molar-refractivity contribution in [3.05, 3.63) is 75.0 Å². The molecule has 1 aromatic heterocycles. The zero-order chi connectivity index (χ0) is 18.5. The van der Waals surface area contributed by atoms with Gasteiger partial charge in [0.25, 0.3) is 0 Å². The molecule has 0 fully saturated rings. The third-order valence-corrected chi connectivity index (χ3v) is 6.27. The number of hydrogen-bond donors (Lipinski definition) is 1. The summed E-state index contributed by atoms with van der Waals surface area (Å²) in [5.41, 5.74) is 2.94. The Bertz CT molecular complexity index is 912. The molecule has 0 aliphatic carbocycles. The van der Waals surface area contributed by atoms with Crippen molar-refractivity contribution in [1.29, 1.82) is 0 Å². The van der Waals surface area contributed by atoms with Crippen LogP contribution in [0.4, 0.5) is 10.1 Å². The molecular weight excluding hydrogens is 435 g/mol. The third kappa shape index (κ3) is 5.40. The highest BCUT2D eigenvalue weighted by molar-refractivity contribution is 9.10. The summed E-state index contributed by atoms with van der Waals surface area (Å²) in [4.78, 5) is 16.6. The second-order valence-electron chi connectivity index (χ2n) is 5.71. The van der Waals surface area contributed by atoms with Gasteiger partial charge in [-0.2, -0.15) is 0 Å². The minimum atomic E-state index is -0.330. The van der Waals surface area contributed by atoms with E-state index in [0.717, 1.165) is 20.3 Å². The molecule has 1 heterocycles. The largest absolute Gasteiger partial charge is 0.326 e. The Morgan fingerprint density at radius 2 is 2.04 bits per heavy atom. The Balaban J connectivity index is 1.53. The van der Waals surface area contributed by atoms with Gasteiger partial charge < -0.3 is 5.32 Å². The fourth-order valence-electron chi connectivity index (χ4n) is 2.20. The number of carbonyl (C=O) groups excluding carboxylic acids is 1. The second kappa shape index (κ2) is 8.79. The van der Waals surface area contributed by atoms with Crippen LogP contribution in [0.5, 0.6) is 0 Å². The molecule has 0 aliphatic heterocycles. The van der Waals surface area contributed by atoms with E-state index in [-0.39, 0.29) is 18.1 Å². The number of rotatable bonds is 6. The minimum Gasteiger partial charge on any atom is -0.326 e. The lowest BCUT2D eigenvalue weighted by Gasteiger charge is -2.05. The molecule has 0 unspecified atom stereocenters. The van der Waals surface area contributed by atoms with Crippen LogP contribution in [-0.4, -0.2) is 10.9 Å². The van der Waals surface area contributed by atoms with E-state index in [1.165, 1.54) is 23.0 Å². The lowest BCUT2D eigenvalue weighted by Crippen LogP contribution is -2.14. The highest BCUT2D eigenvalue weighted by Gasteiger charge is 2.10. The van der Waals surface area contributed by atoms with Gasteiger partial charge >= 0.3 is 0 Å². The van der Waals surface area contributed by atoms with Gasteiger partial charge in [0.05, 0.1) is 12.1 Å². The monoisotopic (exact) mass is 450 g/mol. The average molecular weight is 451 g/mol. The van der Waals surface area contributed by atoms with E-state index in [2.05, 4.69) is 38.4 Å². The molecule has 3 nitrogen and oxygen atoms in total. The molecule has 0 saturated heterocycles. The standard InChI is InChI=1S/C19H16BrFN2OS2/c1-12-2-7-15(8-17(12)21)22-18(24)9-16-11-26-19(23-16)25-10-13-3-5-14(20)6-4-13/h2-8,11H,9-10H2,1H3,(H,22,24). The number of aromatic nitrogens is 1. The molecule has 3 aromatic rings. The number of anilines is 1. The number of carbonyl (C=O) groups is 1. The average Bonchev–Trinajstić information content (AvgIpc) is 3.05. The van der Waals surface area contributed by atoms with Crippen LogP contribution in [0.2, 0.25) is 0 Å². The zero-order valence-corrected chi connectivity index (χ0v) is 17.2. The number of nitrogens with one attached hydrogen (secondary N) is 1. The van der Waals surface area contributed by atoms with Gasteiger partial charge in [-0.25, -0.2) is 9.37 Å². The second-order valence-corrected chi connectivity index (χ2v) is 8.71. The summed E-state index contributed by atoms with van der Waals surface area (Å²) in [5.74, 6) is 0.292. The van der Waals surface area contributed by atoms with Crippen LogP contribution >= 0.6 is 39.0 Å². The first-order valence-electron chi connectivity index (χ1n) is 7.87. The molecule has 26 heavy (non-hydrogen) atoms. The van der Waals surface area contributed by atoms with E-state index in [1.54, 1.807) is 30.8 Å². The Morgan fingerprint density at radius 1 is 1.27 bits per heavy atom. The molecule has 0 bridgehead atoms. The Hall–Kier alpha value is -1.70. The van der Waals surface area contributed by atoms with Crippen LogP contribution in [0.25, 0.3) is 0 Å². The van der Waals surface area contributed by atoms with Crippen LogP contribution in [-0.2, 0) is 17.0 Å². The number of thiazole rings is 1. The fraction of sp³-hybridized carbons (Fsp3) is 0.158. The normalized spacial score (nSPS) is 10.7. The van der Waals surface area contributed by atoms with E-state index in [1.807, 2.05) is 17.5 Å². The minimum absolute atomic E-state index is 0.171. The number of halogens is 2. The van der Waals surface area contributed by atoms with Gasteiger partial charge in [0, 0.05) is 21.3 Å². The summed E-state index contributed by atoms with van der Waals surface area (Å²) in [6.45, 7) is 1.68. The maximum absolute atomic E-state index is 13.5. The molecule has 7 heteroatoms. The number of aryl methyl sites for hydroxylation is 1. The summed E-state index contributed by atoms with van der Waals surface area (Å²) in [6.07, 6.45) is 0.171. The predicted molar refractivity (Wildman–Crippen MR) is 109 cm³/mol. The molecule has 0 spiro atoms. The first kappa shape index (κ1) is 19.1. The van der Waals surface area contributed by atoms with Gasteiger partial charge in [0.15, 0.2) is 0 Å². The molecular formula is C19H16BrFN2OS2. The van der Waals surface area contributed by atoms with Crippen molar-refractivity contribution in [2.75, 3.05) is 5.32 Å². The highest BCUT2D eigenvalue weighted by atomic mass is 79.9. The SMILES string of the molecule is Cc1ccc(NC(=O)Cc2csc(SCc3ccc(Br)cc3)n2)cc1F. The van der Waals surface area contributed by atoms with Gasteiger partial charge in [-0.1, -0.05) is 45.9 Å². The number of nitrogens with zero attached hydrogens (tertiary/aromatic N) is 1. The molecule has 1 amide bonds. The van der Waals surface area contributed by atoms with Crippen molar-refractivity contribution < 1.29 is 9.18 Å². The van der Waals surface area contributed by atoms with E-state index in [9.17, 15) is 9.18 Å². The van der Waals surface area contributed by atoms with Crippen molar-refractivity contribution in [3.8, 4) is 0 Å². The lowest BCUT2D eigenvalue weighted by atomic mass is 10.2. The van der Waals surface area contributed by atoms with Crippen LogP contribution in [0, 0.1) is 12.7 Å². The van der Waals surface area contributed by atoms with Crippen LogP contribution in [0.15, 0.2) is 56.7 Å². The lowest BCUT2D eigenvalue weighted by molar-refractivity contribution is -0.115. The molecule has 0 radical (unpaired) electrons. The van der Waals surface area contributed by atoms with E-state index in [4.69, 9.17) is 0 Å². The van der Waals surface area contributed by atoms with Crippen molar-refractivity contribution in [2.24, 2.45) is 0 Å². The van der Waals surface area contributed by atoms with Crippen LogP contribution < -0.4 is 5.32 Å². The molecule has 0 saturated carbocycles. The Kier molecular flexibility index (Phi) is 6.45. The maximum atomic E-state index is 13.5. The van der Waals surface area contributed by atoms with Crippen molar-refractivity contribution in [2.45, 2.75) is 23.4 Å². The number of benzene rings is 2. The summed E-state index contributed by atoms with van der Waals surface area (Å²) in [5, 5.41) is 4.59. The summed E-state index contributed by atoms with van der Waals surface area (Å²) < 4.78 is 15.5. The first-order chi connectivity index (χ1) is 12.5. The molecule has 0 atom stereocenters. The van der Waals surface area contributed by atoms with E-state index >= 15 is 0 Å². The third-order valence-electron chi connectivity index (χ3n) is 3.60. The van der Waals surface area contributed by atoms with Gasteiger partial charge in [0.1, 0.15) is 10.2 Å². The van der Waals surface area contributed by atoms with Gasteiger partial charge in [-0.3, -0.25) is 4.79 Å². The Labute approximate surface area is 168 Å². The zero-order valence-electron chi connectivity index (χ0n) is 14.0. The van der Waals surface area contributed by atoms with Gasteiger partial charge in [-0.05, 0) is 42.3 Å². The van der Waals surface area contributed by atoms with Gasteiger partial charge in [-0.15, -0.1) is 11.3 Å². The predicted octanol–water partition coefficient (Wildman–Crippen LogP) is 5.83. The van der Waals surface area contributed by atoms with Crippen molar-refractivity contribution in [3.63, 3.8) is 0 Å².